The quantitative estimate of drug-likeness (QED) is 0.0585. The van der Waals surface area contributed by atoms with Crippen LogP contribution < -0.4 is 41.8 Å². The molecule has 4 aromatic carbocycles. The van der Waals surface area contributed by atoms with Gasteiger partial charge in [-0.25, -0.2) is 63.4 Å². The fourth-order valence-electron chi connectivity index (χ4n) is 8.98. The van der Waals surface area contributed by atoms with Crippen molar-refractivity contribution in [2.45, 2.75) is 57.1 Å². The number of hydrogen-bond acceptors (Lipinski definition) is 20. The molecule has 2 fully saturated rings. The van der Waals surface area contributed by atoms with Crippen molar-refractivity contribution in [3.63, 3.8) is 0 Å². The molecule has 32 heteroatoms. The number of nitrogen functional groups attached to an aromatic ring is 2. The number of sulfonamides is 4. The number of benzene rings is 4. The van der Waals surface area contributed by atoms with Crippen LogP contribution in [0.5, 0.6) is 0 Å². The lowest BCUT2D eigenvalue weighted by atomic mass is 9.98. The third-order valence-electron chi connectivity index (χ3n) is 11.8. The number of imidazole rings is 2. The number of aromatic amines is 3. The largest absolute Gasteiger partial charge is 0.369 e. The zero-order chi connectivity index (χ0) is 48.6. The second-order valence-electron chi connectivity index (χ2n) is 16.2. The molecule has 0 aliphatic carbocycles. The molecular formula is C37H40N20O8S4. The molecule has 69 heavy (non-hydrogen) atoms. The topological polar surface area (TPSA) is 444 Å². The summed E-state index contributed by atoms with van der Waals surface area (Å²) in [6.45, 7) is 1.15. The summed E-state index contributed by atoms with van der Waals surface area (Å²) < 4.78 is 117. The highest BCUT2D eigenvalue weighted by Crippen LogP contribution is 2.43. The Kier molecular flexibility index (Phi) is 11.3. The summed E-state index contributed by atoms with van der Waals surface area (Å²) in [6, 6.07) is 13.4. The minimum Gasteiger partial charge on any atom is -0.369 e. The van der Waals surface area contributed by atoms with Crippen LogP contribution in [0, 0.1) is 0 Å². The van der Waals surface area contributed by atoms with Crippen molar-refractivity contribution in [3.8, 4) is 45.0 Å². The maximum Gasteiger partial charge on any atom is 0.242 e. The van der Waals surface area contributed by atoms with Gasteiger partial charge in [-0.3, -0.25) is 0 Å². The summed E-state index contributed by atoms with van der Waals surface area (Å²) in [5, 5.41) is 45.6. The average Bonchev–Trinajstić information content (AvgIpc) is 4.16. The normalized spacial score (nSPS) is 18.2. The van der Waals surface area contributed by atoms with Gasteiger partial charge in [-0.1, -0.05) is 36.4 Å². The summed E-state index contributed by atoms with van der Waals surface area (Å²) in [6.07, 6.45) is 0.657. The number of rotatable bonds is 14. The third-order valence-corrected chi connectivity index (χ3v) is 17.1. The van der Waals surface area contributed by atoms with E-state index in [1.807, 2.05) is 0 Å². The van der Waals surface area contributed by atoms with Gasteiger partial charge in [-0.15, -0.1) is 20.4 Å². The van der Waals surface area contributed by atoms with Gasteiger partial charge in [-0.05, 0) is 65.2 Å². The Morgan fingerprint density at radius 2 is 1.25 bits per heavy atom. The number of fused-ring (bicyclic) bond motifs is 2. The Morgan fingerprint density at radius 1 is 0.667 bits per heavy atom. The SMILES string of the molecule is Nc1nc2c(-c3ccc(S(=O)(=O)N[C@@H]4CNC(Cn5c(N)nc6c(-c7ccc(S(=O)(=O)N[C@@H]8CCNC8)c(S(N)(=O)=O)c7-c7nn[nH]n7)cccc65)C4)c(S(N)(=O)=O)c3-c3nn[nH]n3)cccc2[nH]1. The van der Waals surface area contributed by atoms with Crippen molar-refractivity contribution >= 4 is 74.1 Å². The standard InChI is InChI=1S/C37H40N20O8S4/c38-36-44-24-5-1-3-22(30(24)45-36)20-7-9-27(33(67(41,60)61)28(20)34-47-53-54-48-34)69(64,65)52-18-13-19(43-15-18)16-57-25-6-2-4-23(31(25)46-37(57)39)21-8-10-26(68(62,63)51-17-11-12-42-14-17)32(66(40,58)59)29(21)35-49-55-56-50-35/h1-10,17-19,42-43,51-52H,11-16H2,(H2,39,46)(H3,38,44,45)(H2,40,58,59)(H2,41,60,61)(H,47,48,53,54)(H,49,50,55,56)/t17-,18+,19?/m1/s1. The number of tetrazole rings is 2. The molecule has 4 aromatic heterocycles. The predicted octanol–water partition coefficient (Wildman–Crippen LogP) is -1.58. The molecule has 8 aromatic rings. The van der Waals surface area contributed by atoms with E-state index in [-0.39, 0.29) is 70.8 Å². The maximum absolute atomic E-state index is 14.3. The first-order chi connectivity index (χ1) is 32.8. The van der Waals surface area contributed by atoms with Gasteiger partial charge in [0.2, 0.25) is 57.7 Å². The summed E-state index contributed by atoms with van der Waals surface area (Å²) in [5.74, 6) is -0.403. The van der Waals surface area contributed by atoms with Crippen LogP contribution in [0.2, 0.25) is 0 Å². The van der Waals surface area contributed by atoms with Gasteiger partial charge in [-0.2, -0.15) is 10.4 Å². The monoisotopic (exact) mass is 1020 g/mol. The first kappa shape index (κ1) is 45.9. The van der Waals surface area contributed by atoms with Crippen LogP contribution in [0.4, 0.5) is 11.9 Å². The maximum atomic E-state index is 14.3. The summed E-state index contributed by atoms with van der Waals surface area (Å²) in [5.41, 5.74) is 14.6. The van der Waals surface area contributed by atoms with E-state index < -0.39 is 77.8 Å². The molecule has 0 amide bonds. The molecule has 6 heterocycles. The van der Waals surface area contributed by atoms with Gasteiger partial charge < -0.3 is 31.7 Å². The van der Waals surface area contributed by atoms with E-state index in [1.165, 1.54) is 12.1 Å². The molecule has 10 rings (SSSR count). The van der Waals surface area contributed by atoms with Crippen molar-refractivity contribution in [3.05, 3.63) is 60.7 Å². The van der Waals surface area contributed by atoms with Crippen molar-refractivity contribution in [1.29, 1.82) is 0 Å². The zero-order valence-corrected chi connectivity index (χ0v) is 38.7. The Morgan fingerprint density at radius 3 is 1.80 bits per heavy atom. The average molecular weight is 1020 g/mol. The van der Waals surface area contributed by atoms with Crippen LogP contribution >= 0.6 is 0 Å². The number of hydrogen-bond donors (Lipinski definition) is 11. The fourth-order valence-corrected chi connectivity index (χ4v) is 14.7. The number of H-pyrrole nitrogens is 3. The summed E-state index contributed by atoms with van der Waals surface area (Å²) >= 11 is 0. The lowest BCUT2D eigenvalue weighted by Gasteiger charge is -2.19. The van der Waals surface area contributed by atoms with Gasteiger partial charge in [0.15, 0.2) is 5.95 Å². The first-order valence-corrected chi connectivity index (χ1v) is 26.7. The molecule has 0 spiro atoms. The Labute approximate surface area is 391 Å². The van der Waals surface area contributed by atoms with Crippen LogP contribution in [-0.2, 0) is 46.6 Å². The van der Waals surface area contributed by atoms with E-state index in [4.69, 9.17) is 21.7 Å². The molecule has 0 saturated carbocycles. The third kappa shape index (κ3) is 8.44. The predicted molar refractivity (Wildman–Crippen MR) is 247 cm³/mol. The van der Waals surface area contributed by atoms with Crippen LogP contribution in [0.3, 0.4) is 0 Å². The van der Waals surface area contributed by atoms with Gasteiger partial charge in [0, 0.05) is 48.9 Å². The van der Waals surface area contributed by atoms with Gasteiger partial charge in [0.25, 0.3) is 0 Å². The van der Waals surface area contributed by atoms with E-state index >= 15 is 0 Å². The number of para-hydroxylation sites is 2. The van der Waals surface area contributed by atoms with Crippen LogP contribution in [-0.4, -0.2) is 132 Å². The molecular weight excluding hydrogens is 981 g/mol. The molecule has 2 aliphatic rings. The zero-order valence-electron chi connectivity index (χ0n) is 35.5. The van der Waals surface area contributed by atoms with Crippen LogP contribution in [0.25, 0.3) is 67.1 Å². The Balaban J connectivity index is 0.970. The number of primary sulfonamides is 2. The van der Waals surface area contributed by atoms with Crippen molar-refractivity contribution in [2.24, 2.45) is 10.3 Å². The summed E-state index contributed by atoms with van der Waals surface area (Å²) in [4.78, 5) is 9.06. The second kappa shape index (κ2) is 17.0. The van der Waals surface area contributed by atoms with Crippen molar-refractivity contribution in [1.82, 2.24) is 80.8 Å². The molecule has 28 nitrogen and oxygen atoms in total. The smallest absolute Gasteiger partial charge is 0.242 e. The molecule has 1 unspecified atom stereocenters. The van der Waals surface area contributed by atoms with Crippen LogP contribution in [0.1, 0.15) is 12.8 Å². The molecule has 15 N–H and O–H groups in total. The Hall–Kier alpha value is -6.88. The van der Waals surface area contributed by atoms with Crippen molar-refractivity contribution < 1.29 is 33.7 Å². The number of nitrogens with one attached hydrogen (secondary N) is 7. The summed E-state index contributed by atoms with van der Waals surface area (Å²) in [7, 11) is -18.8. The highest BCUT2D eigenvalue weighted by molar-refractivity contribution is 7.93. The van der Waals surface area contributed by atoms with E-state index in [2.05, 4.69) is 76.3 Å². The van der Waals surface area contributed by atoms with Crippen molar-refractivity contribution in [2.75, 3.05) is 31.1 Å². The minimum absolute atomic E-state index is 0.0322. The first-order valence-electron chi connectivity index (χ1n) is 20.6. The minimum atomic E-state index is -4.83. The van der Waals surface area contributed by atoms with E-state index in [1.54, 1.807) is 41.0 Å². The number of anilines is 2. The molecule has 2 saturated heterocycles. The number of nitrogens with zero attached hydrogens (tertiary/aromatic N) is 9. The van der Waals surface area contributed by atoms with Gasteiger partial charge in [0.05, 0.1) is 33.2 Å². The lowest BCUT2D eigenvalue weighted by Crippen LogP contribution is -2.37. The lowest BCUT2D eigenvalue weighted by molar-refractivity contribution is 0.510. The number of nitrogens with two attached hydrogens (primary N) is 4. The highest BCUT2D eigenvalue weighted by Gasteiger charge is 2.37. The van der Waals surface area contributed by atoms with Gasteiger partial charge >= 0.3 is 0 Å². The second-order valence-corrected chi connectivity index (χ2v) is 22.6. The molecule has 0 bridgehead atoms. The van der Waals surface area contributed by atoms with Crippen LogP contribution in [0.15, 0.2) is 80.2 Å². The molecule has 360 valence electrons. The van der Waals surface area contributed by atoms with E-state index in [0.717, 1.165) is 12.1 Å². The van der Waals surface area contributed by atoms with E-state index in [0.29, 0.717) is 47.2 Å². The van der Waals surface area contributed by atoms with Gasteiger partial charge in [0.1, 0.15) is 19.6 Å². The molecule has 2 aliphatic heterocycles. The fraction of sp³-hybridized carbons (Fsp3) is 0.243. The Bertz CT molecular complexity index is 3780. The van der Waals surface area contributed by atoms with E-state index in [9.17, 15) is 33.7 Å². The molecule has 0 radical (unpaired) electrons. The molecule has 3 atom stereocenters. The number of aromatic nitrogens is 12. The highest BCUT2D eigenvalue weighted by atomic mass is 32.2.